The van der Waals surface area contributed by atoms with E-state index < -0.39 is 0 Å². The molecule has 1 amide bonds. The Hall–Kier alpha value is -1.26. The highest BCUT2D eigenvalue weighted by atomic mass is 35.5. The number of ether oxygens (including phenoxy) is 1. The van der Waals surface area contributed by atoms with Crippen molar-refractivity contribution in [3.05, 3.63) is 29.3 Å². The average molecular weight is 299 g/mol. The fraction of sp³-hybridized carbons (Fsp3) is 0.533. The summed E-state index contributed by atoms with van der Waals surface area (Å²) in [6.07, 6.45) is 2.05. The smallest absolute Gasteiger partial charge is 0.254 e. The monoisotopic (exact) mass is 298 g/mol. The number of methoxy groups -OCH3 is 1. The second-order valence-corrected chi connectivity index (χ2v) is 5.08. The summed E-state index contributed by atoms with van der Waals surface area (Å²) in [4.78, 5) is 14.3. The van der Waals surface area contributed by atoms with Crippen molar-refractivity contribution < 1.29 is 9.53 Å². The molecule has 0 aliphatic carbocycles. The van der Waals surface area contributed by atoms with E-state index in [0.717, 1.165) is 36.2 Å². The molecule has 5 heteroatoms. The molecule has 0 fully saturated rings. The van der Waals surface area contributed by atoms with E-state index in [1.165, 1.54) is 0 Å². The molecule has 1 unspecified atom stereocenters. The van der Waals surface area contributed by atoms with E-state index in [1.54, 1.807) is 12.0 Å². The van der Waals surface area contributed by atoms with Gasteiger partial charge in [-0.25, -0.2) is 0 Å². The quantitative estimate of drug-likeness (QED) is 0.929. The van der Waals surface area contributed by atoms with Crippen molar-refractivity contribution in [1.82, 2.24) is 4.90 Å². The van der Waals surface area contributed by atoms with Crippen LogP contribution in [0.1, 0.15) is 29.3 Å². The van der Waals surface area contributed by atoms with Crippen molar-refractivity contribution in [3.8, 4) is 0 Å². The van der Waals surface area contributed by atoms with Crippen molar-refractivity contribution >= 4 is 24.0 Å². The zero-order valence-electron chi connectivity index (χ0n) is 12.3. The molecular weight excluding hydrogens is 276 g/mol. The van der Waals surface area contributed by atoms with Crippen molar-refractivity contribution in [2.75, 3.05) is 32.6 Å². The molecule has 0 spiro atoms. The molecule has 2 rings (SSSR count). The standard InChI is InChI=1S/C15H22N2O2.ClH/c1-11(10-19-3)17(2)15(18)13-6-4-8-14-12(13)7-5-9-16-14;/h4,6,8,11,16H,5,7,9-10H2,1-3H3;1H. The van der Waals surface area contributed by atoms with Crippen LogP contribution in [0.15, 0.2) is 18.2 Å². The maximum atomic E-state index is 12.6. The number of anilines is 1. The number of hydrogen-bond acceptors (Lipinski definition) is 3. The largest absolute Gasteiger partial charge is 0.385 e. The number of carbonyl (C=O) groups is 1. The van der Waals surface area contributed by atoms with E-state index in [1.807, 2.05) is 32.2 Å². The van der Waals surface area contributed by atoms with E-state index in [4.69, 9.17) is 4.74 Å². The summed E-state index contributed by atoms with van der Waals surface area (Å²) in [6.45, 7) is 3.53. The maximum Gasteiger partial charge on any atom is 0.254 e. The number of benzene rings is 1. The third-order valence-electron chi connectivity index (χ3n) is 3.71. The number of carbonyl (C=O) groups excluding carboxylic acids is 1. The number of hydrogen-bond donors (Lipinski definition) is 1. The van der Waals surface area contributed by atoms with Gasteiger partial charge in [0, 0.05) is 32.0 Å². The van der Waals surface area contributed by atoms with Gasteiger partial charge in [-0.1, -0.05) is 6.07 Å². The predicted molar refractivity (Wildman–Crippen MR) is 83.9 cm³/mol. The van der Waals surface area contributed by atoms with E-state index >= 15 is 0 Å². The molecule has 0 bridgehead atoms. The van der Waals surface area contributed by atoms with Gasteiger partial charge >= 0.3 is 0 Å². The summed E-state index contributed by atoms with van der Waals surface area (Å²) in [5, 5.41) is 3.36. The first-order valence-corrected chi connectivity index (χ1v) is 6.77. The van der Waals surface area contributed by atoms with Crippen molar-refractivity contribution in [1.29, 1.82) is 0 Å². The van der Waals surface area contributed by atoms with Crippen LogP contribution in [0.5, 0.6) is 0 Å². The summed E-state index contributed by atoms with van der Waals surface area (Å²) < 4.78 is 5.12. The Balaban J connectivity index is 0.00000200. The summed E-state index contributed by atoms with van der Waals surface area (Å²) in [5.41, 5.74) is 3.07. The van der Waals surface area contributed by atoms with E-state index in [0.29, 0.717) is 6.61 Å². The molecule has 1 heterocycles. The molecule has 0 saturated carbocycles. The second kappa shape index (κ2) is 7.50. The third kappa shape index (κ3) is 3.44. The predicted octanol–water partition coefficient (Wildman–Crippen LogP) is 2.57. The highest BCUT2D eigenvalue weighted by Gasteiger charge is 2.22. The summed E-state index contributed by atoms with van der Waals surface area (Å²) in [7, 11) is 3.49. The summed E-state index contributed by atoms with van der Waals surface area (Å²) in [6, 6.07) is 5.98. The molecule has 1 aromatic rings. The fourth-order valence-corrected chi connectivity index (χ4v) is 2.45. The Morgan fingerprint density at radius 2 is 2.25 bits per heavy atom. The molecule has 0 saturated heterocycles. The van der Waals surface area contributed by atoms with E-state index in [2.05, 4.69) is 5.32 Å². The van der Waals surface area contributed by atoms with Gasteiger partial charge in [-0.3, -0.25) is 4.79 Å². The number of nitrogens with zero attached hydrogens (tertiary/aromatic N) is 1. The number of nitrogens with one attached hydrogen (secondary N) is 1. The van der Waals surface area contributed by atoms with Crippen LogP contribution in [0.3, 0.4) is 0 Å². The number of halogens is 1. The van der Waals surface area contributed by atoms with Gasteiger partial charge in [0.2, 0.25) is 0 Å². The highest BCUT2D eigenvalue weighted by Crippen LogP contribution is 2.26. The minimum absolute atomic E-state index is 0. The lowest BCUT2D eigenvalue weighted by Gasteiger charge is -2.27. The van der Waals surface area contributed by atoms with Crippen LogP contribution in [0.2, 0.25) is 0 Å². The molecule has 1 N–H and O–H groups in total. The maximum absolute atomic E-state index is 12.6. The number of amides is 1. The van der Waals surface area contributed by atoms with Gasteiger partial charge in [0.1, 0.15) is 0 Å². The SMILES string of the molecule is COCC(C)N(C)C(=O)c1cccc2c1CCCN2.Cl. The zero-order chi connectivity index (χ0) is 13.8. The lowest BCUT2D eigenvalue weighted by molar-refractivity contribution is 0.0632. The Morgan fingerprint density at radius 1 is 1.50 bits per heavy atom. The van der Waals surface area contributed by atoms with Crippen LogP contribution in [0, 0.1) is 0 Å². The zero-order valence-corrected chi connectivity index (χ0v) is 13.1. The number of rotatable bonds is 4. The van der Waals surface area contributed by atoms with Crippen LogP contribution in [-0.4, -0.2) is 44.2 Å². The van der Waals surface area contributed by atoms with E-state index in [-0.39, 0.29) is 24.4 Å². The Morgan fingerprint density at radius 3 is 2.95 bits per heavy atom. The molecule has 1 aliphatic heterocycles. The van der Waals surface area contributed by atoms with Crippen LogP contribution < -0.4 is 5.32 Å². The lowest BCUT2D eigenvalue weighted by Crippen LogP contribution is -2.38. The van der Waals surface area contributed by atoms with E-state index in [9.17, 15) is 4.79 Å². The topological polar surface area (TPSA) is 41.6 Å². The first kappa shape index (κ1) is 16.8. The van der Waals surface area contributed by atoms with Crippen LogP contribution in [-0.2, 0) is 11.2 Å². The molecule has 1 atom stereocenters. The summed E-state index contributed by atoms with van der Waals surface area (Å²) >= 11 is 0. The first-order valence-electron chi connectivity index (χ1n) is 6.77. The van der Waals surface area contributed by atoms with Crippen LogP contribution in [0.25, 0.3) is 0 Å². The van der Waals surface area contributed by atoms with Gasteiger partial charge in [0.25, 0.3) is 5.91 Å². The molecule has 112 valence electrons. The van der Waals surface area contributed by atoms with Gasteiger partial charge in [0.15, 0.2) is 0 Å². The van der Waals surface area contributed by atoms with Gasteiger partial charge in [-0.05, 0) is 37.5 Å². The third-order valence-corrected chi connectivity index (χ3v) is 3.71. The molecule has 4 nitrogen and oxygen atoms in total. The lowest BCUT2D eigenvalue weighted by atomic mass is 9.96. The van der Waals surface area contributed by atoms with Gasteiger partial charge in [0.05, 0.1) is 12.6 Å². The normalized spacial score (nSPS) is 14.6. The van der Waals surface area contributed by atoms with Gasteiger partial charge in [-0.15, -0.1) is 12.4 Å². The summed E-state index contributed by atoms with van der Waals surface area (Å²) in [5.74, 6) is 0.0742. The molecule has 0 radical (unpaired) electrons. The average Bonchev–Trinajstić information content (AvgIpc) is 2.45. The van der Waals surface area contributed by atoms with Crippen molar-refractivity contribution in [2.24, 2.45) is 0 Å². The Kier molecular flexibility index (Phi) is 6.30. The van der Waals surface area contributed by atoms with Crippen LogP contribution in [0.4, 0.5) is 5.69 Å². The molecule has 0 aromatic heterocycles. The highest BCUT2D eigenvalue weighted by molar-refractivity contribution is 5.97. The van der Waals surface area contributed by atoms with Crippen molar-refractivity contribution in [3.63, 3.8) is 0 Å². The Bertz CT molecular complexity index is 465. The van der Waals surface area contributed by atoms with Gasteiger partial charge < -0.3 is 15.0 Å². The number of likely N-dealkylation sites (N-methyl/N-ethyl adjacent to an activating group) is 1. The first-order chi connectivity index (χ1) is 9.15. The fourth-order valence-electron chi connectivity index (χ4n) is 2.45. The minimum Gasteiger partial charge on any atom is -0.385 e. The van der Waals surface area contributed by atoms with Crippen LogP contribution >= 0.6 is 12.4 Å². The van der Waals surface area contributed by atoms with Gasteiger partial charge in [-0.2, -0.15) is 0 Å². The Labute approximate surface area is 126 Å². The molecule has 1 aliphatic rings. The second-order valence-electron chi connectivity index (χ2n) is 5.08. The molecule has 1 aromatic carbocycles. The minimum atomic E-state index is 0. The van der Waals surface area contributed by atoms with Crippen molar-refractivity contribution in [2.45, 2.75) is 25.8 Å². The number of fused-ring (bicyclic) bond motifs is 1. The molecule has 20 heavy (non-hydrogen) atoms. The molecular formula is C15H23ClN2O2.